The third-order valence-electron chi connectivity index (χ3n) is 6.21. The second-order valence-corrected chi connectivity index (χ2v) is 13.1. The lowest BCUT2D eigenvalue weighted by atomic mass is 9.81. The Labute approximate surface area is 212 Å². The molecule has 204 valence electrons. The average Bonchev–Trinajstić information content (AvgIpc) is 2.76. The highest BCUT2D eigenvalue weighted by Crippen LogP contribution is 3.02. The quantitative estimate of drug-likeness (QED) is 0.0872. The predicted molar refractivity (Wildman–Crippen MR) is 135 cm³/mol. The van der Waals surface area contributed by atoms with E-state index >= 15 is 0 Å². The van der Waals surface area contributed by atoms with E-state index in [2.05, 4.69) is 4.98 Å². The highest BCUT2D eigenvalue weighted by Gasteiger charge is 2.65. The summed E-state index contributed by atoms with van der Waals surface area (Å²) in [6, 6.07) is 2.26. The highest BCUT2D eigenvalue weighted by atomic mass is 32.5. The maximum Gasteiger partial charge on any atom is 0.311 e. The molecule has 2 rings (SSSR count). The Kier molecular flexibility index (Phi) is 8.67. The van der Waals surface area contributed by atoms with Crippen LogP contribution in [0.5, 0.6) is 0 Å². The summed E-state index contributed by atoms with van der Waals surface area (Å²) < 4.78 is 71.2. The van der Waals surface area contributed by atoms with Crippen LogP contribution in [0.15, 0.2) is 45.3 Å². The molecule has 0 fully saturated rings. The molecule has 0 aliphatic heterocycles. The van der Waals surface area contributed by atoms with Crippen LogP contribution < -0.4 is 5.56 Å². The predicted octanol–water partition coefficient (Wildman–Crippen LogP) is 7.98. The van der Waals surface area contributed by atoms with Crippen molar-refractivity contribution in [2.45, 2.75) is 63.4 Å². The number of thioether (sulfide) groups is 1. The first-order chi connectivity index (χ1) is 16.3. The van der Waals surface area contributed by atoms with Gasteiger partial charge in [0, 0.05) is 19.0 Å². The minimum absolute atomic E-state index is 0.0192. The van der Waals surface area contributed by atoms with E-state index in [1.807, 2.05) is 27.7 Å². The molecule has 0 aliphatic carbocycles. The molecular weight excluding hydrogens is 523 g/mol. The maximum atomic E-state index is 12.9. The van der Waals surface area contributed by atoms with Crippen molar-refractivity contribution in [1.29, 1.82) is 0 Å². The number of esters is 1. The number of aromatic nitrogens is 2. The monoisotopic (exact) mass is 556 g/mol. The zero-order valence-electron chi connectivity index (χ0n) is 21.0. The molecule has 0 bridgehead atoms. The third kappa shape index (κ3) is 7.96. The lowest BCUT2D eigenvalue weighted by molar-refractivity contribution is -0.156. The number of unbranched alkanes of at least 4 members (excludes halogenated alkanes) is 3. The van der Waals surface area contributed by atoms with E-state index in [1.54, 1.807) is 0 Å². The minimum Gasteiger partial charge on any atom is -0.465 e. The van der Waals surface area contributed by atoms with E-state index in [4.69, 9.17) is 4.74 Å². The largest absolute Gasteiger partial charge is 0.465 e. The molecule has 0 unspecified atom stereocenters. The summed E-state index contributed by atoms with van der Waals surface area (Å²) in [6.07, 6.45) is 4.64. The molecule has 12 heteroatoms. The summed E-state index contributed by atoms with van der Waals surface area (Å²) in [5.74, 6) is 0.682. The van der Waals surface area contributed by atoms with Gasteiger partial charge in [-0.3, -0.25) is 14.2 Å². The van der Waals surface area contributed by atoms with Gasteiger partial charge in [-0.25, -0.2) is 4.98 Å². The summed E-state index contributed by atoms with van der Waals surface area (Å²) in [5.41, 5.74) is -0.913. The molecule has 0 aliphatic rings. The van der Waals surface area contributed by atoms with E-state index in [0.717, 1.165) is 37.8 Å². The molecule has 1 aromatic carbocycles. The van der Waals surface area contributed by atoms with Gasteiger partial charge in [0.05, 0.1) is 17.6 Å². The number of carbonyl (C=O) groups excluding carboxylic acids is 1. The number of rotatable bonds is 12. The van der Waals surface area contributed by atoms with Crippen LogP contribution in [0.2, 0.25) is 0 Å². The fraction of sp³-hybridized carbons (Fsp3) is 0.542. The van der Waals surface area contributed by atoms with E-state index in [0.29, 0.717) is 17.5 Å². The molecule has 0 saturated carbocycles. The zero-order chi connectivity index (χ0) is 27.4. The number of halogens is 5. The molecule has 0 radical (unpaired) electrons. The minimum atomic E-state index is -9.77. The number of hydrogen-bond acceptors (Lipinski definition) is 5. The van der Waals surface area contributed by atoms with Crippen molar-refractivity contribution < 1.29 is 29.0 Å². The van der Waals surface area contributed by atoms with Gasteiger partial charge in [-0.1, -0.05) is 70.0 Å². The van der Waals surface area contributed by atoms with Crippen molar-refractivity contribution in [1.82, 2.24) is 9.55 Å². The molecule has 0 amide bonds. The van der Waals surface area contributed by atoms with Gasteiger partial charge in [0.25, 0.3) is 5.56 Å². The van der Waals surface area contributed by atoms with Crippen LogP contribution in [0.4, 0.5) is 19.4 Å². The molecule has 2 aromatic rings. The van der Waals surface area contributed by atoms with Gasteiger partial charge in [0.2, 0.25) is 0 Å². The van der Waals surface area contributed by atoms with Gasteiger partial charge >= 0.3 is 16.2 Å². The van der Waals surface area contributed by atoms with Gasteiger partial charge in [0.1, 0.15) is 4.90 Å². The number of hydrogen-bond donors (Lipinski definition) is 0. The first kappa shape index (κ1) is 30.1. The van der Waals surface area contributed by atoms with Crippen LogP contribution in [-0.2, 0) is 16.6 Å². The van der Waals surface area contributed by atoms with E-state index in [-0.39, 0.29) is 35.1 Å². The van der Waals surface area contributed by atoms with Crippen molar-refractivity contribution in [2.75, 3.05) is 12.4 Å². The fourth-order valence-corrected chi connectivity index (χ4v) is 4.65. The van der Waals surface area contributed by atoms with Gasteiger partial charge in [-0.15, -0.1) is 0 Å². The molecule has 0 N–H and O–H groups in total. The normalized spacial score (nSPS) is 14.4. The summed E-state index contributed by atoms with van der Waals surface area (Å²) in [4.78, 5) is 27.0. The fourth-order valence-electron chi connectivity index (χ4n) is 3.06. The van der Waals surface area contributed by atoms with Crippen LogP contribution in [0, 0.1) is 11.3 Å². The zero-order valence-corrected chi connectivity index (χ0v) is 22.7. The number of nitrogens with zero attached hydrogens (tertiary/aromatic N) is 2. The number of carbonyl (C=O) groups is 1. The van der Waals surface area contributed by atoms with Crippen LogP contribution in [-0.4, -0.2) is 27.9 Å². The summed E-state index contributed by atoms with van der Waals surface area (Å²) in [5, 5.41) is 0.442. The lowest BCUT2D eigenvalue weighted by Gasteiger charge is -2.40. The van der Waals surface area contributed by atoms with Crippen molar-refractivity contribution in [3.63, 3.8) is 0 Å². The standard InChI is InChI=1S/C24H33F5N2O3S2/c1-17(2)24(3,4)22(33)34-14-8-6-7-9-15-35-23-30-16-20(21(32)31(23)5)18-10-12-19(13-11-18)36(25,26,27,28)29/h10-13,16-17H,6-9,14-15H2,1-5H3. The van der Waals surface area contributed by atoms with Crippen LogP contribution in [0.25, 0.3) is 11.1 Å². The maximum absolute atomic E-state index is 12.9. The second kappa shape index (κ2) is 10.4. The molecule has 36 heavy (non-hydrogen) atoms. The lowest BCUT2D eigenvalue weighted by Crippen LogP contribution is -2.32. The van der Waals surface area contributed by atoms with E-state index in [1.165, 1.54) is 29.6 Å². The van der Waals surface area contributed by atoms with Gasteiger partial charge in [0.15, 0.2) is 5.16 Å². The Morgan fingerprint density at radius 3 is 2.19 bits per heavy atom. The molecule has 5 nitrogen and oxygen atoms in total. The van der Waals surface area contributed by atoms with Gasteiger partial charge in [-0.05, 0) is 50.3 Å². The Morgan fingerprint density at radius 1 is 1.06 bits per heavy atom. The van der Waals surface area contributed by atoms with Crippen LogP contribution >= 0.6 is 22.0 Å². The van der Waals surface area contributed by atoms with Crippen molar-refractivity contribution in [2.24, 2.45) is 18.4 Å². The molecule has 0 atom stereocenters. The SMILES string of the molecule is CC(C)C(C)(C)C(=O)OCCCCCCSc1ncc(-c2ccc(S(F)(F)(F)(F)F)cc2)c(=O)n1C. The van der Waals surface area contributed by atoms with E-state index < -0.39 is 26.1 Å². The highest BCUT2D eigenvalue weighted by molar-refractivity contribution is 8.45. The van der Waals surface area contributed by atoms with E-state index in [9.17, 15) is 29.0 Å². The van der Waals surface area contributed by atoms with Gasteiger partial charge < -0.3 is 4.74 Å². The Hall–Kier alpha value is -2.08. The summed E-state index contributed by atoms with van der Waals surface area (Å²) in [6.45, 7) is 8.09. The van der Waals surface area contributed by atoms with Crippen molar-refractivity contribution >= 4 is 28.0 Å². The molecule has 0 spiro atoms. The summed E-state index contributed by atoms with van der Waals surface area (Å²) >= 11 is 1.37. The van der Waals surface area contributed by atoms with Crippen molar-refractivity contribution in [3.8, 4) is 11.1 Å². The molecule has 0 saturated heterocycles. The Morgan fingerprint density at radius 2 is 1.64 bits per heavy atom. The third-order valence-corrected chi connectivity index (χ3v) is 8.50. The molecule has 1 aromatic heterocycles. The topological polar surface area (TPSA) is 61.2 Å². The number of benzene rings is 1. The van der Waals surface area contributed by atoms with Crippen LogP contribution in [0.1, 0.15) is 53.4 Å². The molecule has 1 heterocycles. The smallest absolute Gasteiger partial charge is 0.311 e. The van der Waals surface area contributed by atoms with Crippen LogP contribution in [0.3, 0.4) is 0 Å². The van der Waals surface area contributed by atoms with Gasteiger partial charge in [-0.2, -0.15) is 0 Å². The average molecular weight is 557 g/mol. The Balaban J connectivity index is 1.85. The Bertz CT molecular complexity index is 1130. The molecular formula is C24H33F5N2O3S2. The number of ether oxygens (including phenoxy) is 1. The van der Waals surface area contributed by atoms with Crippen molar-refractivity contribution in [3.05, 3.63) is 40.8 Å². The first-order valence-corrected chi connectivity index (χ1v) is 14.5. The summed E-state index contributed by atoms with van der Waals surface area (Å²) in [7, 11) is -8.28. The second-order valence-electron chi connectivity index (χ2n) is 9.59. The first-order valence-electron chi connectivity index (χ1n) is 11.5.